The third-order valence-corrected chi connectivity index (χ3v) is 5.80. The molecule has 3 unspecified atom stereocenters. The Hall–Kier alpha value is -0.780. The fourth-order valence-electron chi connectivity index (χ4n) is 3.42. The van der Waals surface area contributed by atoms with Crippen molar-refractivity contribution in [1.29, 1.82) is 0 Å². The Morgan fingerprint density at radius 2 is 2.38 bits per heavy atom. The van der Waals surface area contributed by atoms with Crippen molar-refractivity contribution in [2.45, 2.75) is 31.0 Å². The molecule has 0 bridgehead atoms. The monoisotopic (exact) mass is 312 g/mol. The van der Waals surface area contributed by atoms with E-state index in [9.17, 15) is 9.50 Å². The predicted molar refractivity (Wildman–Crippen MR) is 81.3 cm³/mol. The maximum Gasteiger partial charge on any atom is 0.132 e. The number of rotatable bonds is 3. The molecule has 3 atom stereocenters. The van der Waals surface area contributed by atoms with Crippen LogP contribution in [0.3, 0.4) is 0 Å². The van der Waals surface area contributed by atoms with E-state index in [0.717, 1.165) is 30.8 Å². The summed E-state index contributed by atoms with van der Waals surface area (Å²) in [6.45, 7) is 0.638. The summed E-state index contributed by atoms with van der Waals surface area (Å²) in [5.74, 6) is 2.12. The fraction of sp³-hybridized carbons (Fsp3) is 0.625. The summed E-state index contributed by atoms with van der Waals surface area (Å²) in [4.78, 5) is 0. The average molecular weight is 312 g/mol. The molecular formula is C16H21FO3S. The van der Waals surface area contributed by atoms with Crippen LogP contribution in [-0.4, -0.2) is 35.9 Å². The van der Waals surface area contributed by atoms with Gasteiger partial charge >= 0.3 is 0 Å². The Morgan fingerprint density at radius 1 is 1.52 bits per heavy atom. The van der Waals surface area contributed by atoms with Crippen molar-refractivity contribution in [2.75, 3.05) is 25.2 Å². The summed E-state index contributed by atoms with van der Waals surface area (Å²) in [6.07, 6.45) is 1.73. The standard InChI is InChI=1S/C16H21FO3S/c1-19-13-4-2-3-12(17)14(13)15(18)11-5-7-20-16(9-11)6-8-21-10-16/h2-4,11,15,18H,5-10H2,1H3. The first-order valence-corrected chi connectivity index (χ1v) is 8.53. The summed E-state index contributed by atoms with van der Waals surface area (Å²) >= 11 is 1.89. The second-order valence-corrected chi connectivity index (χ2v) is 6.99. The molecule has 2 heterocycles. The molecule has 1 aromatic rings. The van der Waals surface area contributed by atoms with Crippen LogP contribution in [-0.2, 0) is 4.74 Å². The minimum atomic E-state index is -0.840. The molecule has 1 aromatic carbocycles. The number of hydrogen-bond donors (Lipinski definition) is 1. The number of halogens is 1. The molecule has 0 amide bonds. The zero-order valence-electron chi connectivity index (χ0n) is 12.2. The molecule has 21 heavy (non-hydrogen) atoms. The number of thioether (sulfide) groups is 1. The summed E-state index contributed by atoms with van der Waals surface area (Å²) in [7, 11) is 1.50. The third kappa shape index (κ3) is 2.91. The zero-order valence-corrected chi connectivity index (χ0v) is 13.0. The molecule has 1 N–H and O–H groups in total. The molecule has 0 aromatic heterocycles. The van der Waals surface area contributed by atoms with E-state index in [4.69, 9.17) is 9.47 Å². The number of ether oxygens (including phenoxy) is 2. The van der Waals surface area contributed by atoms with Crippen LogP contribution in [0, 0.1) is 11.7 Å². The van der Waals surface area contributed by atoms with Crippen molar-refractivity contribution < 1.29 is 19.0 Å². The first kappa shape index (κ1) is 15.1. The van der Waals surface area contributed by atoms with Crippen LogP contribution >= 0.6 is 11.8 Å². The van der Waals surface area contributed by atoms with E-state index in [-0.39, 0.29) is 17.1 Å². The molecule has 3 rings (SSSR count). The van der Waals surface area contributed by atoms with Crippen molar-refractivity contribution in [1.82, 2.24) is 0 Å². The number of aliphatic hydroxyl groups is 1. The molecule has 0 aliphatic carbocycles. The highest BCUT2D eigenvalue weighted by atomic mass is 32.2. The Morgan fingerprint density at radius 3 is 3.10 bits per heavy atom. The number of methoxy groups -OCH3 is 1. The molecule has 2 saturated heterocycles. The highest BCUT2D eigenvalue weighted by Gasteiger charge is 2.43. The van der Waals surface area contributed by atoms with E-state index in [1.54, 1.807) is 12.1 Å². The Labute approximate surface area is 128 Å². The van der Waals surface area contributed by atoms with Gasteiger partial charge in [-0.3, -0.25) is 0 Å². The van der Waals surface area contributed by atoms with Crippen LogP contribution < -0.4 is 4.74 Å². The lowest BCUT2D eigenvalue weighted by atomic mass is 9.80. The van der Waals surface area contributed by atoms with Gasteiger partial charge in [0.05, 0.1) is 24.4 Å². The second kappa shape index (κ2) is 6.15. The molecule has 0 radical (unpaired) electrons. The lowest BCUT2D eigenvalue weighted by molar-refractivity contribution is -0.102. The van der Waals surface area contributed by atoms with E-state index in [1.807, 2.05) is 11.8 Å². The Bertz CT molecular complexity index is 502. The summed E-state index contributed by atoms with van der Waals surface area (Å²) in [6, 6.07) is 4.67. The quantitative estimate of drug-likeness (QED) is 0.930. The van der Waals surface area contributed by atoms with Crippen LogP contribution in [0.15, 0.2) is 18.2 Å². The van der Waals surface area contributed by atoms with Crippen molar-refractivity contribution in [2.24, 2.45) is 5.92 Å². The smallest absolute Gasteiger partial charge is 0.132 e. The molecule has 0 saturated carbocycles. The highest BCUT2D eigenvalue weighted by Crippen LogP contribution is 2.45. The summed E-state index contributed by atoms with van der Waals surface area (Å²) < 4.78 is 25.3. The zero-order chi connectivity index (χ0) is 14.9. The van der Waals surface area contributed by atoms with Gasteiger partial charge in [0.1, 0.15) is 11.6 Å². The van der Waals surface area contributed by atoms with E-state index in [0.29, 0.717) is 12.4 Å². The molecule has 1 spiro atoms. The molecule has 5 heteroatoms. The average Bonchev–Trinajstić information content (AvgIpc) is 2.94. The first-order valence-electron chi connectivity index (χ1n) is 7.37. The maximum atomic E-state index is 14.1. The van der Waals surface area contributed by atoms with Gasteiger partial charge in [-0.1, -0.05) is 6.07 Å². The Kier molecular flexibility index (Phi) is 4.43. The van der Waals surface area contributed by atoms with E-state index in [1.165, 1.54) is 13.2 Å². The van der Waals surface area contributed by atoms with Gasteiger partial charge in [0.15, 0.2) is 0 Å². The van der Waals surface area contributed by atoms with Crippen molar-refractivity contribution in [3.63, 3.8) is 0 Å². The van der Waals surface area contributed by atoms with E-state index < -0.39 is 11.9 Å². The highest BCUT2D eigenvalue weighted by molar-refractivity contribution is 7.99. The van der Waals surface area contributed by atoms with Crippen LogP contribution in [0.2, 0.25) is 0 Å². The first-order chi connectivity index (χ1) is 10.2. The van der Waals surface area contributed by atoms with Gasteiger partial charge in [-0.25, -0.2) is 4.39 Å². The molecular weight excluding hydrogens is 291 g/mol. The van der Waals surface area contributed by atoms with Crippen molar-refractivity contribution >= 4 is 11.8 Å². The van der Waals surface area contributed by atoms with E-state index in [2.05, 4.69) is 0 Å². The van der Waals surface area contributed by atoms with Crippen LogP contribution in [0.5, 0.6) is 5.75 Å². The number of hydrogen-bond acceptors (Lipinski definition) is 4. The van der Waals surface area contributed by atoms with Gasteiger partial charge in [-0.15, -0.1) is 0 Å². The largest absolute Gasteiger partial charge is 0.496 e. The molecule has 2 fully saturated rings. The lowest BCUT2D eigenvalue weighted by Gasteiger charge is -2.39. The third-order valence-electron chi connectivity index (χ3n) is 4.57. The second-order valence-electron chi connectivity index (χ2n) is 5.89. The summed E-state index contributed by atoms with van der Waals surface area (Å²) in [5, 5.41) is 10.7. The Balaban J connectivity index is 1.83. The maximum absolute atomic E-state index is 14.1. The summed E-state index contributed by atoms with van der Waals surface area (Å²) in [5.41, 5.74) is 0.167. The molecule has 2 aliphatic heterocycles. The van der Waals surface area contributed by atoms with Gasteiger partial charge in [0, 0.05) is 12.4 Å². The van der Waals surface area contributed by atoms with Crippen LogP contribution in [0.25, 0.3) is 0 Å². The minimum Gasteiger partial charge on any atom is -0.496 e. The van der Waals surface area contributed by atoms with Gasteiger partial charge in [0.2, 0.25) is 0 Å². The van der Waals surface area contributed by atoms with E-state index >= 15 is 0 Å². The van der Waals surface area contributed by atoms with Gasteiger partial charge in [-0.05, 0) is 43.1 Å². The molecule has 2 aliphatic rings. The SMILES string of the molecule is COc1cccc(F)c1C(O)C1CCOC2(CCSC2)C1. The van der Waals surface area contributed by atoms with Crippen LogP contribution in [0.4, 0.5) is 4.39 Å². The van der Waals surface area contributed by atoms with Crippen molar-refractivity contribution in [3.05, 3.63) is 29.6 Å². The molecule has 3 nitrogen and oxygen atoms in total. The normalized spacial score (nSPS) is 30.5. The van der Waals surface area contributed by atoms with Crippen LogP contribution in [0.1, 0.15) is 30.9 Å². The number of aliphatic hydroxyl groups excluding tert-OH is 1. The van der Waals surface area contributed by atoms with Gasteiger partial charge in [-0.2, -0.15) is 11.8 Å². The molecule has 116 valence electrons. The van der Waals surface area contributed by atoms with Crippen molar-refractivity contribution in [3.8, 4) is 5.75 Å². The van der Waals surface area contributed by atoms with Gasteiger partial charge in [0.25, 0.3) is 0 Å². The van der Waals surface area contributed by atoms with Gasteiger partial charge < -0.3 is 14.6 Å². The predicted octanol–water partition coefficient (Wildman–Crippen LogP) is 3.17. The minimum absolute atomic E-state index is 0.0169. The topological polar surface area (TPSA) is 38.7 Å². The fourth-order valence-corrected chi connectivity index (χ4v) is 4.79. The lowest BCUT2D eigenvalue weighted by Crippen LogP contribution is -2.41. The number of benzene rings is 1.